The molecule has 2 rings (SSSR count). The zero-order valence-electron chi connectivity index (χ0n) is 6.53. The van der Waals surface area contributed by atoms with Gasteiger partial charge in [-0.15, -0.1) is 0 Å². The molecule has 2 fully saturated rings. The SMILES string of the molecule is CO[C@@H]1CO[C@@H]2[C@@H]1OC[C@H]2N. The van der Waals surface area contributed by atoms with Crippen molar-refractivity contribution >= 4 is 0 Å². The van der Waals surface area contributed by atoms with Crippen molar-refractivity contribution in [2.75, 3.05) is 20.3 Å². The van der Waals surface area contributed by atoms with Crippen LogP contribution in [0.1, 0.15) is 0 Å². The van der Waals surface area contributed by atoms with Crippen LogP contribution in [0.3, 0.4) is 0 Å². The molecule has 0 aromatic carbocycles. The predicted molar refractivity (Wildman–Crippen MR) is 38.3 cm³/mol. The third-order valence-corrected chi connectivity index (χ3v) is 2.35. The Morgan fingerprint density at radius 3 is 2.73 bits per heavy atom. The average molecular weight is 159 g/mol. The molecule has 0 amide bonds. The summed E-state index contributed by atoms with van der Waals surface area (Å²) in [7, 11) is 1.67. The first kappa shape index (κ1) is 7.49. The fourth-order valence-electron chi connectivity index (χ4n) is 1.70. The van der Waals surface area contributed by atoms with Gasteiger partial charge in [0.15, 0.2) is 0 Å². The Kier molecular flexibility index (Phi) is 1.85. The van der Waals surface area contributed by atoms with Crippen LogP contribution in [0.25, 0.3) is 0 Å². The van der Waals surface area contributed by atoms with E-state index in [0.717, 1.165) is 0 Å². The van der Waals surface area contributed by atoms with Gasteiger partial charge in [-0.3, -0.25) is 0 Å². The van der Waals surface area contributed by atoms with Crippen molar-refractivity contribution in [3.63, 3.8) is 0 Å². The van der Waals surface area contributed by atoms with E-state index in [-0.39, 0.29) is 24.4 Å². The van der Waals surface area contributed by atoms with Gasteiger partial charge in [0.2, 0.25) is 0 Å². The van der Waals surface area contributed by atoms with Gasteiger partial charge in [-0.2, -0.15) is 0 Å². The molecular weight excluding hydrogens is 146 g/mol. The number of methoxy groups -OCH3 is 1. The van der Waals surface area contributed by atoms with Gasteiger partial charge in [-0.1, -0.05) is 0 Å². The molecule has 0 saturated carbocycles. The zero-order chi connectivity index (χ0) is 7.84. The fraction of sp³-hybridized carbons (Fsp3) is 1.00. The van der Waals surface area contributed by atoms with Crippen molar-refractivity contribution in [1.29, 1.82) is 0 Å². The van der Waals surface area contributed by atoms with Gasteiger partial charge in [0.1, 0.15) is 18.3 Å². The number of rotatable bonds is 1. The standard InChI is InChI=1S/C7H13NO3/c1-9-5-3-11-6-4(8)2-10-7(5)6/h4-7H,2-3,8H2,1H3/t4-,5-,6+,7-/m1/s1. The third kappa shape index (κ3) is 1.06. The van der Waals surface area contributed by atoms with Crippen LogP contribution >= 0.6 is 0 Å². The maximum Gasteiger partial charge on any atom is 0.114 e. The molecule has 2 N–H and O–H groups in total. The average Bonchev–Trinajstić information content (AvgIpc) is 2.53. The molecule has 0 unspecified atom stereocenters. The Hall–Kier alpha value is -0.160. The Morgan fingerprint density at radius 1 is 1.27 bits per heavy atom. The minimum absolute atomic E-state index is 0.0279. The molecule has 0 spiro atoms. The van der Waals surface area contributed by atoms with Crippen molar-refractivity contribution < 1.29 is 14.2 Å². The highest BCUT2D eigenvalue weighted by molar-refractivity contribution is 4.96. The molecule has 4 atom stereocenters. The van der Waals surface area contributed by atoms with Crippen molar-refractivity contribution in [1.82, 2.24) is 0 Å². The molecule has 0 aromatic heterocycles. The summed E-state index contributed by atoms with van der Waals surface area (Å²) in [6, 6.07) is 0.0279. The minimum atomic E-state index is 0.0279. The first-order valence-corrected chi connectivity index (χ1v) is 3.84. The van der Waals surface area contributed by atoms with Crippen LogP contribution in [0.4, 0.5) is 0 Å². The maximum absolute atomic E-state index is 5.73. The highest BCUT2D eigenvalue weighted by atomic mass is 16.6. The van der Waals surface area contributed by atoms with Crippen molar-refractivity contribution in [2.45, 2.75) is 24.4 Å². The smallest absolute Gasteiger partial charge is 0.114 e. The molecule has 2 aliphatic heterocycles. The van der Waals surface area contributed by atoms with Crippen LogP contribution < -0.4 is 5.73 Å². The van der Waals surface area contributed by atoms with Crippen molar-refractivity contribution in [3.05, 3.63) is 0 Å². The van der Waals surface area contributed by atoms with Gasteiger partial charge >= 0.3 is 0 Å². The van der Waals surface area contributed by atoms with Crippen molar-refractivity contribution in [3.8, 4) is 0 Å². The summed E-state index contributed by atoms with van der Waals surface area (Å²) >= 11 is 0. The monoisotopic (exact) mass is 159 g/mol. The second-order valence-corrected chi connectivity index (χ2v) is 3.03. The number of hydrogen-bond acceptors (Lipinski definition) is 4. The molecule has 2 heterocycles. The molecule has 0 bridgehead atoms. The maximum atomic E-state index is 5.73. The van der Waals surface area contributed by atoms with Crippen LogP contribution in [0, 0.1) is 0 Å². The lowest BCUT2D eigenvalue weighted by atomic mass is 10.1. The number of ether oxygens (including phenoxy) is 3. The van der Waals surface area contributed by atoms with Gasteiger partial charge < -0.3 is 19.9 Å². The van der Waals surface area contributed by atoms with E-state index in [1.165, 1.54) is 0 Å². The van der Waals surface area contributed by atoms with Crippen molar-refractivity contribution in [2.24, 2.45) is 5.73 Å². The van der Waals surface area contributed by atoms with E-state index in [0.29, 0.717) is 13.2 Å². The Labute approximate surface area is 65.6 Å². The molecule has 4 nitrogen and oxygen atoms in total. The van der Waals surface area contributed by atoms with Crippen LogP contribution in [-0.2, 0) is 14.2 Å². The molecule has 0 radical (unpaired) electrons. The van der Waals surface area contributed by atoms with Gasteiger partial charge in [-0.25, -0.2) is 0 Å². The van der Waals surface area contributed by atoms with E-state index >= 15 is 0 Å². The second-order valence-electron chi connectivity index (χ2n) is 3.03. The Morgan fingerprint density at radius 2 is 2.00 bits per heavy atom. The number of hydrogen-bond donors (Lipinski definition) is 1. The lowest BCUT2D eigenvalue weighted by molar-refractivity contribution is -0.00777. The summed E-state index contributed by atoms with van der Waals surface area (Å²) < 4.78 is 16.0. The van der Waals surface area contributed by atoms with E-state index < -0.39 is 0 Å². The summed E-state index contributed by atoms with van der Waals surface area (Å²) in [4.78, 5) is 0. The van der Waals surface area contributed by atoms with E-state index in [1.807, 2.05) is 0 Å². The highest BCUT2D eigenvalue weighted by Gasteiger charge is 2.46. The predicted octanol–water partition coefficient (Wildman–Crippen LogP) is -0.874. The summed E-state index contributed by atoms with van der Waals surface area (Å²) in [6.45, 7) is 1.20. The zero-order valence-corrected chi connectivity index (χ0v) is 6.53. The first-order chi connectivity index (χ1) is 5.33. The van der Waals surface area contributed by atoms with E-state index in [4.69, 9.17) is 19.9 Å². The summed E-state index contributed by atoms with van der Waals surface area (Å²) in [5.41, 5.74) is 5.73. The Bertz CT molecular complexity index is 153. The van der Waals surface area contributed by atoms with Gasteiger partial charge in [0, 0.05) is 7.11 Å². The fourth-order valence-corrected chi connectivity index (χ4v) is 1.70. The molecule has 0 aliphatic carbocycles. The Balaban J connectivity index is 2.04. The van der Waals surface area contributed by atoms with Gasteiger partial charge in [-0.05, 0) is 0 Å². The van der Waals surface area contributed by atoms with Gasteiger partial charge in [0.25, 0.3) is 0 Å². The molecular formula is C7H13NO3. The molecule has 2 saturated heterocycles. The normalized spacial score (nSPS) is 49.6. The quantitative estimate of drug-likeness (QED) is 0.540. The summed E-state index contributed by atoms with van der Waals surface area (Å²) in [6.07, 6.45) is 0.198. The molecule has 64 valence electrons. The number of fused-ring (bicyclic) bond motifs is 1. The number of nitrogens with two attached hydrogens (primary N) is 1. The molecule has 4 heteroatoms. The van der Waals surface area contributed by atoms with E-state index in [1.54, 1.807) is 7.11 Å². The molecule has 2 aliphatic rings. The van der Waals surface area contributed by atoms with E-state index in [9.17, 15) is 0 Å². The van der Waals surface area contributed by atoms with Crippen LogP contribution in [-0.4, -0.2) is 44.7 Å². The minimum Gasteiger partial charge on any atom is -0.376 e. The summed E-state index contributed by atoms with van der Waals surface area (Å²) in [5.74, 6) is 0. The van der Waals surface area contributed by atoms with Crippen LogP contribution in [0.5, 0.6) is 0 Å². The lowest BCUT2D eigenvalue weighted by Gasteiger charge is -2.13. The molecule has 0 aromatic rings. The topological polar surface area (TPSA) is 53.7 Å². The first-order valence-electron chi connectivity index (χ1n) is 3.84. The third-order valence-electron chi connectivity index (χ3n) is 2.35. The van der Waals surface area contributed by atoms with E-state index in [2.05, 4.69) is 0 Å². The molecule has 11 heavy (non-hydrogen) atoms. The second kappa shape index (κ2) is 2.71. The lowest BCUT2D eigenvalue weighted by Crippen LogP contribution is -2.36. The van der Waals surface area contributed by atoms with Crippen LogP contribution in [0.2, 0.25) is 0 Å². The largest absolute Gasteiger partial charge is 0.376 e. The summed E-state index contributed by atoms with van der Waals surface area (Å²) in [5, 5.41) is 0. The van der Waals surface area contributed by atoms with Crippen LogP contribution in [0.15, 0.2) is 0 Å². The highest BCUT2D eigenvalue weighted by Crippen LogP contribution is 2.27. The van der Waals surface area contributed by atoms with Gasteiger partial charge in [0.05, 0.1) is 19.3 Å².